The van der Waals surface area contributed by atoms with Crippen molar-refractivity contribution < 1.29 is 39.9 Å². The number of rotatable bonds is 9. The minimum atomic E-state index is -5.67. The molecule has 172 valence electrons. The SMILES string of the molecule is CC(C)(C)OC(=O)N1CCC[C@H]1CCCCS(=O)(=O)CCCC(F)(F)C(F)(F)F. The summed E-state index contributed by atoms with van der Waals surface area (Å²) < 4.78 is 91.1. The minimum absolute atomic E-state index is 0.0435. The zero-order chi connectivity index (χ0) is 22.5. The Bertz CT molecular complexity index is 644. The lowest BCUT2D eigenvalue weighted by Crippen LogP contribution is -2.39. The molecule has 0 N–H and O–H groups in total. The van der Waals surface area contributed by atoms with E-state index in [1.54, 1.807) is 25.7 Å². The number of ether oxygens (including phenoxy) is 1. The second-order valence-corrected chi connectivity index (χ2v) is 10.7. The molecule has 0 unspecified atom stereocenters. The molecule has 1 rings (SSSR count). The van der Waals surface area contributed by atoms with Gasteiger partial charge in [-0.25, -0.2) is 13.2 Å². The van der Waals surface area contributed by atoms with Crippen molar-refractivity contribution in [2.45, 2.75) is 89.5 Å². The predicted octanol–water partition coefficient (Wildman–Crippen LogP) is 4.95. The number of hydrogen-bond acceptors (Lipinski definition) is 4. The van der Waals surface area contributed by atoms with Gasteiger partial charge in [-0.05, 0) is 52.9 Å². The average Bonchev–Trinajstić information content (AvgIpc) is 2.97. The number of halogens is 5. The van der Waals surface area contributed by atoms with Crippen LogP contribution in [0.15, 0.2) is 0 Å². The van der Waals surface area contributed by atoms with Crippen molar-refractivity contribution in [1.29, 1.82) is 0 Å². The number of carbonyl (C=O) groups excluding carboxylic acids is 1. The van der Waals surface area contributed by atoms with Crippen LogP contribution in [-0.2, 0) is 14.6 Å². The van der Waals surface area contributed by atoms with Crippen LogP contribution in [0.25, 0.3) is 0 Å². The number of alkyl halides is 5. The first-order chi connectivity index (χ1) is 13.0. The lowest BCUT2D eigenvalue weighted by Gasteiger charge is -2.28. The van der Waals surface area contributed by atoms with E-state index >= 15 is 0 Å². The summed E-state index contributed by atoms with van der Waals surface area (Å²) in [5, 5.41) is 0. The molecule has 11 heteroatoms. The number of carbonyl (C=O) groups is 1. The molecule has 0 bridgehead atoms. The van der Waals surface area contributed by atoms with Crippen LogP contribution in [0.1, 0.15) is 65.7 Å². The molecule has 0 spiro atoms. The van der Waals surface area contributed by atoms with Crippen molar-refractivity contribution in [2.75, 3.05) is 18.1 Å². The van der Waals surface area contributed by atoms with Gasteiger partial charge >= 0.3 is 18.2 Å². The number of likely N-dealkylation sites (tertiary alicyclic amines) is 1. The fourth-order valence-electron chi connectivity index (χ4n) is 3.16. The maximum absolute atomic E-state index is 12.8. The molecular formula is C18H30F5NO4S. The van der Waals surface area contributed by atoms with Crippen LogP contribution in [-0.4, -0.2) is 61.2 Å². The molecule has 0 aromatic heterocycles. The molecule has 29 heavy (non-hydrogen) atoms. The third kappa shape index (κ3) is 9.04. The van der Waals surface area contributed by atoms with Gasteiger partial charge in [0.15, 0.2) is 0 Å². The Morgan fingerprint density at radius 3 is 2.17 bits per heavy atom. The Morgan fingerprint density at radius 1 is 1.03 bits per heavy atom. The van der Waals surface area contributed by atoms with Gasteiger partial charge in [-0.3, -0.25) is 0 Å². The van der Waals surface area contributed by atoms with Gasteiger partial charge < -0.3 is 9.64 Å². The number of hydrogen-bond donors (Lipinski definition) is 0. The van der Waals surface area contributed by atoms with Crippen LogP contribution in [0, 0.1) is 0 Å². The molecule has 0 aromatic carbocycles. The first-order valence-corrected chi connectivity index (χ1v) is 11.5. The summed E-state index contributed by atoms with van der Waals surface area (Å²) in [6.07, 6.45) is -5.39. The van der Waals surface area contributed by atoms with Crippen molar-refractivity contribution in [1.82, 2.24) is 4.90 Å². The zero-order valence-electron chi connectivity index (χ0n) is 17.0. The van der Waals surface area contributed by atoms with E-state index in [1.807, 2.05) is 0 Å². The molecule has 0 saturated carbocycles. The summed E-state index contributed by atoms with van der Waals surface area (Å²) in [5.74, 6) is -5.86. The first kappa shape index (κ1) is 25.9. The van der Waals surface area contributed by atoms with Crippen molar-refractivity contribution in [3.8, 4) is 0 Å². The molecule has 1 saturated heterocycles. The Hall–Kier alpha value is -1.13. The predicted molar refractivity (Wildman–Crippen MR) is 98.7 cm³/mol. The molecule has 0 aromatic rings. The highest BCUT2D eigenvalue weighted by molar-refractivity contribution is 7.91. The molecule has 1 aliphatic rings. The van der Waals surface area contributed by atoms with Gasteiger partial charge in [-0.15, -0.1) is 0 Å². The third-order valence-corrected chi connectivity index (χ3v) is 6.43. The molecule has 0 aliphatic carbocycles. The first-order valence-electron chi connectivity index (χ1n) is 9.69. The van der Waals surface area contributed by atoms with Gasteiger partial charge in [-0.1, -0.05) is 6.42 Å². The maximum atomic E-state index is 12.8. The Balaban J connectivity index is 2.36. The van der Waals surface area contributed by atoms with E-state index in [0.717, 1.165) is 12.8 Å². The maximum Gasteiger partial charge on any atom is 0.453 e. The van der Waals surface area contributed by atoms with Gasteiger partial charge in [0.1, 0.15) is 15.4 Å². The van der Waals surface area contributed by atoms with E-state index in [9.17, 15) is 35.2 Å². The molecular weight excluding hydrogens is 421 g/mol. The Labute approximate surface area is 168 Å². The highest BCUT2D eigenvalue weighted by Gasteiger charge is 2.56. The Morgan fingerprint density at radius 2 is 1.62 bits per heavy atom. The lowest BCUT2D eigenvalue weighted by atomic mass is 10.1. The van der Waals surface area contributed by atoms with Crippen molar-refractivity contribution in [3.05, 3.63) is 0 Å². The zero-order valence-corrected chi connectivity index (χ0v) is 17.8. The monoisotopic (exact) mass is 451 g/mol. The molecule has 1 amide bonds. The van der Waals surface area contributed by atoms with E-state index in [0.29, 0.717) is 19.4 Å². The summed E-state index contributed by atoms with van der Waals surface area (Å²) in [6, 6.07) is -0.0435. The van der Waals surface area contributed by atoms with Crippen LogP contribution in [0.3, 0.4) is 0 Å². The summed E-state index contributed by atoms with van der Waals surface area (Å²) in [4.78, 5) is 13.8. The van der Waals surface area contributed by atoms with Gasteiger partial charge in [-0.2, -0.15) is 22.0 Å². The van der Waals surface area contributed by atoms with Crippen molar-refractivity contribution in [2.24, 2.45) is 0 Å². The molecule has 1 heterocycles. The molecule has 1 fully saturated rings. The van der Waals surface area contributed by atoms with Crippen LogP contribution < -0.4 is 0 Å². The molecule has 1 atom stereocenters. The van der Waals surface area contributed by atoms with E-state index in [4.69, 9.17) is 4.74 Å². The third-order valence-electron chi connectivity index (χ3n) is 4.61. The van der Waals surface area contributed by atoms with Gasteiger partial charge in [0.2, 0.25) is 0 Å². The van der Waals surface area contributed by atoms with Gasteiger partial charge in [0.25, 0.3) is 0 Å². The largest absolute Gasteiger partial charge is 0.453 e. The average molecular weight is 451 g/mol. The fraction of sp³-hybridized carbons (Fsp3) is 0.944. The normalized spacial score (nSPS) is 18.9. The van der Waals surface area contributed by atoms with Crippen LogP contribution in [0.5, 0.6) is 0 Å². The van der Waals surface area contributed by atoms with Crippen LogP contribution in [0.2, 0.25) is 0 Å². The second-order valence-electron chi connectivity index (χ2n) is 8.42. The molecule has 5 nitrogen and oxygen atoms in total. The fourth-order valence-corrected chi connectivity index (χ4v) is 4.59. The number of unbranched alkanes of at least 4 members (excludes halogenated alkanes) is 1. The van der Waals surface area contributed by atoms with E-state index in [1.165, 1.54) is 0 Å². The van der Waals surface area contributed by atoms with Crippen molar-refractivity contribution in [3.63, 3.8) is 0 Å². The lowest BCUT2D eigenvalue weighted by molar-refractivity contribution is -0.284. The topological polar surface area (TPSA) is 63.7 Å². The number of sulfone groups is 1. The van der Waals surface area contributed by atoms with Crippen molar-refractivity contribution >= 4 is 15.9 Å². The second kappa shape index (κ2) is 9.78. The standard InChI is InChI=1S/C18H30F5NO4S/c1-16(2,3)28-15(25)24-11-6-9-14(24)8-4-5-12-29(26,27)13-7-10-17(19,20)18(21,22)23/h14H,4-13H2,1-3H3/t14-/m1/s1. The summed E-state index contributed by atoms with van der Waals surface area (Å²) in [6.45, 7) is 5.88. The number of amides is 1. The Kier molecular flexibility index (Phi) is 8.74. The smallest absolute Gasteiger partial charge is 0.444 e. The van der Waals surface area contributed by atoms with Crippen LogP contribution >= 0.6 is 0 Å². The van der Waals surface area contributed by atoms with E-state index < -0.39 is 52.2 Å². The summed E-state index contributed by atoms with van der Waals surface area (Å²) in [7, 11) is -3.71. The summed E-state index contributed by atoms with van der Waals surface area (Å²) >= 11 is 0. The highest BCUT2D eigenvalue weighted by atomic mass is 32.2. The number of nitrogens with zero attached hydrogens (tertiary/aromatic N) is 1. The van der Waals surface area contributed by atoms with E-state index in [-0.39, 0.29) is 18.2 Å². The molecule has 1 aliphatic heterocycles. The summed E-state index contributed by atoms with van der Waals surface area (Å²) in [5.41, 5.74) is -0.610. The van der Waals surface area contributed by atoms with Crippen LogP contribution in [0.4, 0.5) is 26.7 Å². The quantitative estimate of drug-likeness (QED) is 0.368. The van der Waals surface area contributed by atoms with E-state index in [2.05, 4.69) is 0 Å². The van der Waals surface area contributed by atoms with Gasteiger partial charge in [0.05, 0.1) is 11.5 Å². The van der Waals surface area contributed by atoms with Gasteiger partial charge in [0, 0.05) is 19.0 Å². The minimum Gasteiger partial charge on any atom is -0.444 e. The highest BCUT2D eigenvalue weighted by Crippen LogP contribution is 2.38. The molecule has 0 radical (unpaired) electrons.